The second-order valence-electron chi connectivity index (χ2n) is 4.37. The third kappa shape index (κ3) is 1.57. The van der Waals surface area contributed by atoms with Crippen LogP contribution in [0.25, 0.3) is 0 Å². The van der Waals surface area contributed by atoms with Gasteiger partial charge >= 0.3 is 0 Å². The monoisotopic (exact) mass is 182 g/mol. The Morgan fingerprint density at radius 1 is 1.38 bits per heavy atom. The molecule has 1 aliphatic carbocycles. The molecule has 2 fully saturated rings. The van der Waals surface area contributed by atoms with Crippen molar-refractivity contribution in [3.63, 3.8) is 0 Å². The third-order valence-corrected chi connectivity index (χ3v) is 3.48. The fourth-order valence-electron chi connectivity index (χ4n) is 2.09. The van der Waals surface area contributed by atoms with Gasteiger partial charge in [-0.2, -0.15) is 0 Å². The molecule has 13 heavy (non-hydrogen) atoms. The van der Waals surface area contributed by atoms with Crippen LogP contribution in [0, 0.1) is 0 Å². The van der Waals surface area contributed by atoms with Gasteiger partial charge in [-0.15, -0.1) is 0 Å². The average molecular weight is 182 g/mol. The first kappa shape index (κ1) is 9.00. The van der Waals surface area contributed by atoms with E-state index in [4.69, 9.17) is 0 Å². The minimum absolute atomic E-state index is 0.283. The van der Waals surface area contributed by atoms with Crippen molar-refractivity contribution in [3.8, 4) is 0 Å². The van der Waals surface area contributed by atoms with Crippen LogP contribution in [0.4, 0.5) is 0 Å². The summed E-state index contributed by atoms with van der Waals surface area (Å²) in [7, 11) is 1.91. The van der Waals surface area contributed by atoms with E-state index in [9.17, 15) is 4.79 Å². The summed E-state index contributed by atoms with van der Waals surface area (Å²) in [6.07, 6.45) is 3.94. The van der Waals surface area contributed by atoms with Crippen molar-refractivity contribution in [2.45, 2.75) is 38.3 Å². The molecule has 0 aromatic carbocycles. The molecule has 0 aromatic heterocycles. The molecule has 1 atom stereocenters. The van der Waals surface area contributed by atoms with Crippen LogP contribution < -0.4 is 0 Å². The Labute approximate surface area is 79.7 Å². The predicted molar refractivity (Wildman–Crippen MR) is 51.4 cm³/mol. The van der Waals surface area contributed by atoms with Crippen LogP contribution in [-0.4, -0.2) is 47.9 Å². The minimum atomic E-state index is 0.283. The Kier molecular flexibility index (Phi) is 2.28. The van der Waals surface area contributed by atoms with Gasteiger partial charge in [-0.05, 0) is 19.8 Å². The standard InChI is InChI=1S/C10H18N2O/c1-8-6-12(9-4-3-5-9)7-10(13)11(8)2/h8-9H,3-7H2,1-2H3. The molecule has 3 nitrogen and oxygen atoms in total. The normalized spacial score (nSPS) is 32.0. The van der Waals surface area contributed by atoms with E-state index >= 15 is 0 Å². The van der Waals surface area contributed by atoms with Crippen molar-refractivity contribution < 1.29 is 4.79 Å². The van der Waals surface area contributed by atoms with Gasteiger partial charge in [-0.3, -0.25) is 9.69 Å². The van der Waals surface area contributed by atoms with E-state index in [-0.39, 0.29) is 5.91 Å². The molecule has 0 aromatic rings. The summed E-state index contributed by atoms with van der Waals surface area (Å²) in [6.45, 7) is 3.83. The minimum Gasteiger partial charge on any atom is -0.341 e. The van der Waals surface area contributed by atoms with Gasteiger partial charge in [0.15, 0.2) is 0 Å². The zero-order valence-corrected chi connectivity index (χ0v) is 8.49. The maximum absolute atomic E-state index is 11.5. The summed E-state index contributed by atoms with van der Waals surface area (Å²) >= 11 is 0. The third-order valence-electron chi connectivity index (χ3n) is 3.48. The smallest absolute Gasteiger partial charge is 0.236 e. The molecule has 0 N–H and O–H groups in total. The number of carbonyl (C=O) groups excluding carboxylic acids is 1. The van der Waals surface area contributed by atoms with Gasteiger partial charge in [0.05, 0.1) is 6.54 Å². The van der Waals surface area contributed by atoms with E-state index < -0.39 is 0 Å². The Hall–Kier alpha value is -0.570. The number of nitrogens with zero attached hydrogens (tertiary/aromatic N) is 2. The summed E-state index contributed by atoms with van der Waals surface area (Å²) in [5.41, 5.74) is 0. The van der Waals surface area contributed by atoms with Gasteiger partial charge in [-0.25, -0.2) is 0 Å². The molecule has 1 saturated heterocycles. The van der Waals surface area contributed by atoms with Gasteiger partial charge < -0.3 is 4.90 Å². The Morgan fingerprint density at radius 2 is 2.08 bits per heavy atom. The molecule has 3 heteroatoms. The van der Waals surface area contributed by atoms with Crippen LogP contribution in [0.5, 0.6) is 0 Å². The number of hydrogen-bond acceptors (Lipinski definition) is 2. The summed E-state index contributed by atoms with van der Waals surface area (Å²) in [4.78, 5) is 15.8. The molecular formula is C10H18N2O. The first-order chi connectivity index (χ1) is 6.18. The second-order valence-corrected chi connectivity index (χ2v) is 4.37. The zero-order chi connectivity index (χ0) is 9.42. The van der Waals surface area contributed by atoms with Gasteiger partial charge in [-0.1, -0.05) is 6.42 Å². The largest absolute Gasteiger partial charge is 0.341 e. The summed E-state index contributed by atoms with van der Waals surface area (Å²) < 4.78 is 0. The molecule has 1 amide bonds. The van der Waals surface area contributed by atoms with Crippen molar-refractivity contribution >= 4 is 5.91 Å². The van der Waals surface area contributed by atoms with Crippen LogP contribution in [0.1, 0.15) is 26.2 Å². The van der Waals surface area contributed by atoms with Crippen LogP contribution >= 0.6 is 0 Å². The quantitative estimate of drug-likeness (QED) is 0.596. The lowest BCUT2D eigenvalue weighted by Gasteiger charge is -2.44. The fraction of sp³-hybridized carbons (Fsp3) is 0.900. The lowest BCUT2D eigenvalue weighted by molar-refractivity contribution is -0.139. The van der Waals surface area contributed by atoms with Crippen molar-refractivity contribution in [1.29, 1.82) is 0 Å². The number of hydrogen-bond donors (Lipinski definition) is 0. The molecular weight excluding hydrogens is 164 g/mol. The zero-order valence-electron chi connectivity index (χ0n) is 8.49. The van der Waals surface area contributed by atoms with E-state index in [1.165, 1.54) is 19.3 Å². The van der Waals surface area contributed by atoms with E-state index in [0.717, 1.165) is 6.54 Å². The number of likely N-dealkylation sites (N-methyl/N-ethyl adjacent to an activating group) is 1. The molecule has 1 saturated carbocycles. The summed E-state index contributed by atoms with van der Waals surface area (Å²) in [5, 5.41) is 0. The number of amides is 1. The van der Waals surface area contributed by atoms with Gasteiger partial charge in [0, 0.05) is 25.7 Å². The molecule has 2 aliphatic rings. The molecule has 2 rings (SSSR count). The molecule has 0 radical (unpaired) electrons. The van der Waals surface area contributed by atoms with E-state index in [1.807, 2.05) is 11.9 Å². The second kappa shape index (κ2) is 3.29. The molecule has 1 aliphatic heterocycles. The Bertz CT molecular complexity index is 213. The number of carbonyl (C=O) groups is 1. The Morgan fingerprint density at radius 3 is 2.54 bits per heavy atom. The first-order valence-electron chi connectivity index (χ1n) is 5.18. The summed E-state index contributed by atoms with van der Waals surface area (Å²) in [6, 6.07) is 1.10. The van der Waals surface area contributed by atoms with Crippen LogP contribution in [0.3, 0.4) is 0 Å². The highest BCUT2D eigenvalue weighted by molar-refractivity contribution is 5.79. The van der Waals surface area contributed by atoms with Gasteiger partial charge in [0.25, 0.3) is 0 Å². The maximum atomic E-state index is 11.5. The van der Waals surface area contributed by atoms with E-state index in [0.29, 0.717) is 18.6 Å². The van der Waals surface area contributed by atoms with Gasteiger partial charge in [0.2, 0.25) is 5.91 Å². The molecule has 74 valence electrons. The fourth-order valence-corrected chi connectivity index (χ4v) is 2.09. The van der Waals surface area contributed by atoms with Crippen molar-refractivity contribution in [3.05, 3.63) is 0 Å². The average Bonchev–Trinajstić information content (AvgIpc) is 1.96. The van der Waals surface area contributed by atoms with Crippen LogP contribution in [0.2, 0.25) is 0 Å². The highest BCUT2D eigenvalue weighted by Crippen LogP contribution is 2.26. The van der Waals surface area contributed by atoms with Crippen LogP contribution in [-0.2, 0) is 4.79 Å². The maximum Gasteiger partial charge on any atom is 0.236 e. The van der Waals surface area contributed by atoms with Crippen molar-refractivity contribution in [2.24, 2.45) is 0 Å². The lowest BCUT2D eigenvalue weighted by atomic mass is 9.90. The van der Waals surface area contributed by atoms with Crippen molar-refractivity contribution in [1.82, 2.24) is 9.80 Å². The highest BCUT2D eigenvalue weighted by Gasteiger charge is 2.33. The molecule has 1 heterocycles. The highest BCUT2D eigenvalue weighted by atomic mass is 16.2. The van der Waals surface area contributed by atoms with Gasteiger partial charge in [0.1, 0.15) is 0 Å². The molecule has 1 unspecified atom stereocenters. The van der Waals surface area contributed by atoms with E-state index in [1.54, 1.807) is 0 Å². The van der Waals surface area contributed by atoms with Crippen molar-refractivity contribution in [2.75, 3.05) is 20.1 Å². The SMILES string of the molecule is CC1CN(C2CCC2)CC(=O)N1C. The summed E-state index contributed by atoms with van der Waals surface area (Å²) in [5.74, 6) is 0.283. The first-order valence-corrected chi connectivity index (χ1v) is 5.18. The molecule has 0 spiro atoms. The number of rotatable bonds is 1. The Balaban J connectivity index is 1.96. The number of piperazine rings is 1. The molecule has 0 bridgehead atoms. The lowest BCUT2D eigenvalue weighted by Crippen LogP contribution is -2.57. The topological polar surface area (TPSA) is 23.6 Å². The predicted octanol–water partition coefficient (Wildman–Crippen LogP) is 0.701. The van der Waals surface area contributed by atoms with E-state index in [2.05, 4.69) is 11.8 Å². The van der Waals surface area contributed by atoms with Crippen LogP contribution in [0.15, 0.2) is 0 Å².